The molecule has 1 aliphatic rings. The zero-order chi connectivity index (χ0) is 28.3. The van der Waals surface area contributed by atoms with Crippen molar-refractivity contribution < 1.29 is 34.8 Å². The van der Waals surface area contributed by atoms with Crippen LogP contribution in [0.5, 0.6) is 0 Å². The minimum Gasteiger partial charge on any atom is -0.512 e. The molecule has 4 aromatic rings. The summed E-state index contributed by atoms with van der Waals surface area (Å²) in [6, 6.07) is 23.6. The Balaban J connectivity index is 0.000000340. The number of hydrogen-bond acceptors (Lipinski definition) is 4. The molecule has 217 valence electrons. The molecule has 0 amide bonds. The molecule has 0 fully saturated rings. The second kappa shape index (κ2) is 14.5. The first-order valence-corrected chi connectivity index (χ1v) is 13.5. The number of allylic oxidation sites excluding steroid dienone is 2. The molecule has 1 heterocycles. The quantitative estimate of drug-likeness (QED) is 0.108. The van der Waals surface area contributed by atoms with Crippen molar-refractivity contribution in [3.05, 3.63) is 108 Å². The number of benzene rings is 3. The van der Waals surface area contributed by atoms with E-state index in [1.807, 2.05) is 71.0 Å². The molecule has 1 aromatic heterocycles. The summed E-state index contributed by atoms with van der Waals surface area (Å²) >= 11 is 0. The molecule has 3 aromatic carbocycles. The number of aryl methyl sites for hydroxylation is 2. The van der Waals surface area contributed by atoms with Gasteiger partial charge < -0.3 is 12.5 Å². The number of ketones is 2. The van der Waals surface area contributed by atoms with Gasteiger partial charge in [0.1, 0.15) is 5.69 Å². The molecule has 1 aliphatic carbocycles. The number of aromatic nitrogens is 1. The van der Waals surface area contributed by atoms with Crippen molar-refractivity contribution in [2.24, 2.45) is 11.8 Å². The maximum Gasteiger partial charge on any atom is 0.211 e. The largest absolute Gasteiger partial charge is 0.512 e. The van der Waals surface area contributed by atoms with Crippen LogP contribution in [0.3, 0.4) is 0 Å². The van der Waals surface area contributed by atoms with Gasteiger partial charge in [-0.05, 0) is 33.9 Å². The SMILES string of the molecule is CC(C)CC(=O)/C=C(\O)CC(C)C.Cc1[c-]c(-c2nc3c(c4ccccc24)-c2ccccc2C3=O)cc(C)c1.[CH3-].[Ir]. The van der Waals surface area contributed by atoms with Crippen LogP contribution in [-0.2, 0) is 24.9 Å². The van der Waals surface area contributed by atoms with Crippen LogP contribution in [0.25, 0.3) is 33.2 Å². The van der Waals surface area contributed by atoms with E-state index in [2.05, 4.69) is 37.3 Å². The van der Waals surface area contributed by atoms with Crippen molar-refractivity contribution in [2.45, 2.75) is 54.4 Å². The molecule has 0 atom stereocenters. The van der Waals surface area contributed by atoms with Crippen LogP contribution in [0.1, 0.15) is 67.7 Å². The first-order chi connectivity index (χ1) is 18.5. The van der Waals surface area contributed by atoms with Gasteiger partial charge in [-0.2, -0.15) is 0 Å². The summed E-state index contributed by atoms with van der Waals surface area (Å²) in [4.78, 5) is 29.0. The number of carbonyl (C=O) groups is 2. The number of rotatable bonds is 6. The van der Waals surface area contributed by atoms with Crippen LogP contribution in [0.2, 0.25) is 0 Å². The van der Waals surface area contributed by atoms with E-state index >= 15 is 0 Å². The van der Waals surface area contributed by atoms with Crippen molar-refractivity contribution >= 4 is 22.3 Å². The topological polar surface area (TPSA) is 67.3 Å². The van der Waals surface area contributed by atoms with Crippen molar-refractivity contribution in [3.63, 3.8) is 0 Å². The average Bonchev–Trinajstić information content (AvgIpc) is 3.14. The summed E-state index contributed by atoms with van der Waals surface area (Å²) in [5.74, 6) is 0.986. The molecular weight excluding hydrogens is 687 g/mol. The van der Waals surface area contributed by atoms with E-state index in [0.717, 1.165) is 49.8 Å². The van der Waals surface area contributed by atoms with E-state index in [1.165, 1.54) is 6.08 Å². The van der Waals surface area contributed by atoms with E-state index in [9.17, 15) is 14.7 Å². The third-order valence-corrected chi connectivity index (χ3v) is 6.53. The Morgan fingerprint density at radius 3 is 2.07 bits per heavy atom. The summed E-state index contributed by atoms with van der Waals surface area (Å²) < 4.78 is 0. The zero-order valence-electron chi connectivity index (χ0n) is 25.0. The Kier molecular flexibility index (Phi) is 11.9. The molecular formula is C36H39IrNO3-2. The molecule has 5 heteroatoms. The van der Waals surface area contributed by atoms with Gasteiger partial charge in [0.2, 0.25) is 5.78 Å². The van der Waals surface area contributed by atoms with E-state index in [0.29, 0.717) is 30.4 Å². The summed E-state index contributed by atoms with van der Waals surface area (Å²) in [6.07, 6.45) is 2.46. The fraction of sp³-hybridized carbons (Fsp3) is 0.278. The summed E-state index contributed by atoms with van der Waals surface area (Å²) in [5.41, 5.74) is 7.21. The van der Waals surface area contributed by atoms with Gasteiger partial charge in [0.15, 0.2) is 5.78 Å². The fourth-order valence-corrected chi connectivity index (χ4v) is 5.08. The molecule has 1 N–H and O–H groups in total. The van der Waals surface area contributed by atoms with Gasteiger partial charge in [0, 0.05) is 50.1 Å². The predicted molar refractivity (Wildman–Crippen MR) is 165 cm³/mol. The van der Waals surface area contributed by atoms with Gasteiger partial charge in [-0.3, -0.25) is 14.6 Å². The molecule has 0 spiro atoms. The van der Waals surface area contributed by atoms with Gasteiger partial charge in [-0.15, -0.1) is 34.9 Å². The van der Waals surface area contributed by atoms with Crippen LogP contribution >= 0.6 is 0 Å². The minimum absolute atomic E-state index is 0. The molecule has 4 nitrogen and oxygen atoms in total. The van der Waals surface area contributed by atoms with E-state index in [-0.39, 0.29) is 44.9 Å². The van der Waals surface area contributed by atoms with Crippen LogP contribution in [0.15, 0.2) is 72.5 Å². The van der Waals surface area contributed by atoms with Crippen molar-refractivity contribution in [2.75, 3.05) is 0 Å². The first-order valence-electron chi connectivity index (χ1n) is 13.5. The van der Waals surface area contributed by atoms with E-state index in [1.54, 1.807) is 0 Å². The van der Waals surface area contributed by atoms with E-state index < -0.39 is 0 Å². The fourth-order valence-electron chi connectivity index (χ4n) is 5.08. The maximum atomic E-state index is 13.0. The number of fused-ring (bicyclic) bond motifs is 5. The second-order valence-electron chi connectivity index (χ2n) is 11.2. The Morgan fingerprint density at radius 1 is 0.878 bits per heavy atom. The molecule has 0 saturated carbocycles. The Morgan fingerprint density at radius 2 is 1.46 bits per heavy atom. The minimum atomic E-state index is 0. The molecule has 0 unspecified atom stereocenters. The van der Waals surface area contributed by atoms with Crippen molar-refractivity contribution in [1.82, 2.24) is 4.98 Å². The number of aliphatic hydroxyl groups is 1. The third-order valence-electron chi connectivity index (χ3n) is 6.53. The first kappa shape index (κ1) is 33.8. The predicted octanol–water partition coefficient (Wildman–Crippen LogP) is 9.07. The Labute approximate surface area is 258 Å². The normalized spacial score (nSPS) is 11.8. The number of carbonyl (C=O) groups excluding carboxylic acids is 2. The number of hydrogen-bond donors (Lipinski definition) is 1. The molecule has 0 aliphatic heterocycles. The summed E-state index contributed by atoms with van der Waals surface area (Å²) in [6.45, 7) is 12.1. The van der Waals surface area contributed by atoms with Crippen LogP contribution < -0.4 is 0 Å². The van der Waals surface area contributed by atoms with Crippen molar-refractivity contribution in [3.8, 4) is 22.4 Å². The van der Waals surface area contributed by atoms with E-state index in [4.69, 9.17) is 4.98 Å². The molecule has 41 heavy (non-hydrogen) atoms. The van der Waals surface area contributed by atoms with Gasteiger partial charge in [0.25, 0.3) is 0 Å². The summed E-state index contributed by atoms with van der Waals surface area (Å²) in [7, 11) is 0. The molecule has 0 bridgehead atoms. The monoisotopic (exact) mass is 726 g/mol. The average molecular weight is 726 g/mol. The number of pyridine rings is 1. The van der Waals surface area contributed by atoms with Gasteiger partial charge in [0.05, 0.1) is 5.76 Å². The smallest absolute Gasteiger partial charge is 0.211 e. The van der Waals surface area contributed by atoms with Crippen molar-refractivity contribution in [1.29, 1.82) is 0 Å². The van der Waals surface area contributed by atoms with Crippen LogP contribution in [-0.4, -0.2) is 21.7 Å². The molecule has 5 rings (SSSR count). The van der Waals surface area contributed by atoms with Crippen LogP contribution in [0, 0.1) is 39.2 Å². The molecule has 1 radical (unpaired) electrons. The zero-order valence-corrected chi connectivity index (χ0v) is 27.4. The number of aliphatic hydroxyl groups excluding tert-OH is 1. The standard InChI is InChI=1S/C24H16NO.C11H20O2.CH3.Ir/c1-14-11-15(2)13-16(12-14)22-19-9-5-3-7-17(19)21-18-8-4-6-10-20(18)24(26)23(21)25-22;1-8(2)5-10(12)7-11(13)6-9(3)4;;/h3-12H,1-2H3;7-9,12H,5-6H2,1-4H3;1H3;/q-1;;-1;/b;10-7-;;. The Bertz CT molecular complexity index is 1560. The van der Waals surface area contributed by atoms with Gasteiger partial charge in [-0.25, -0.2) is 0 Å². The van der Waals surface area contributed by atoms with Gasteiger partial charge >= 0.3 is 0 Å². The Hall–Kier alpha value is -3.40. The third kappa shape index (κ3) is 7.87. The second-order valence-corrected chi connectivity index (χ2v) is 11.2. The number of nitrogens with zero attached hydrogens (tertiary/aromatic N) is 1. The maximum absolute atomic E-state index is 13.0. The summed E-state index contributed by atoms with van der Waals surface area (Å²) in [5, 5.41) is 11.5. The van der Waals surface area contributed by atoms with Crippen LogP contribution in [0.4, 0.5) is 0 Å². The molecule has 0 saturated heterocycles. The van der Waals surface area contributed by atoms with Gasteiger partial charge in [-0.1, -0.05) is 90.1 Å².